The lowest BCUT2D eigenvalue weighted by Gasteiger charge is -2.16. The Morgan fingerprint density at radius 3 is 2.59 bits per heavy atom. The molecule has 0 aliphatic carbocycles. The monoisotopic (exact) mass is 387 g/mol. The number of thioether (sulfide) groups is 1. The molecule has 0 spiro atoms. The highest BCUT2D eigenvalue weighted by Gasteiger charge is 2.30. The highest BCUT2D eigenvalue weighted by Crippen LogP contribution is 2.35. The van der Waals surface area contributed by atoms with E-state index in [4.69, 9.17) is 14.6 Å². The molecule has 2 aromatic carbocycles. The quantitative estimate of drug-likeness (QED) is 0.743. The van der Waals surface area contributed by atoms with Gasteiger partial charge in [-0.05, 0) is 41.3 Å². The molecule has 0 amide bonds. The molecule has 2 atom stereocenters. The first kappa shape index (κ1) is 19.6. The molecule has 0 aromatic heterocycles. The average molecular weight is 388 g/mol. The fraction of sp³-hybridized carbons (Fsp3) is 0.381. The SMILES string of the molecule is COc1ccc([C@H]2N[C@H](C(=O)O)CS2)cc1COc1ccc(C(C)C)cc1. The Morgan fingerprint density at radius 2 is 2.00 bits per heavy atom. The van der Waals surface area contributed by atoms with Gasteiger partial charge in [0.05, 0.1) is 12.5 Å². The van der Waals surface area contributed by atoms with Crippen molar-refractivity contribution in [3.63, 3.8) is 0 Å². The Bertz CT molecular complexity index is 791. The standard InChI is InChI=1S/C21H25NO4S/c1-13(2)14-4-7-17(8-5-14)26-11-16-10-15(6-9-19(16)25-3)20-22-18(12-27-20)21(23)24/h4-10,13,18,20,22H,11-12H2,1-3H3,(H,23,24)/t18-,20-/m0/s1. The van der Waals surface area contributed by atoms with E-state index in [1.54, 1.807) is 18.9 Å². The number of benzene rings is 2. The van der Waals surface area contributed by atoms with E-state index < -0.39 is 12.0 Å². The van der Waals surface area contributed by atoms with Crippen molar-refractivity contribution in [1.82, 2.24) is 5.32 Å². The number of carbonyl (C=O) groups is 1. The number of carboxylic acid groups (broad SMARTS) is 1. The summed E-state index contributed by atoms with van der Waals surface area (Å²) in [6.45, 7) is 4.71. The zero-order valence-corrected chi connectivity index (χ0v) is 16.6. The molecule has 0 saturated carbocycles. The van der Waals surface area contributed by atoms with Crippen LogP contribution in [0.5, 0.6) is 11.5 Å². The Labute approximate surface area is 164 Å². The molecule has 1 saturated heterocycles. The maximum atomic E-state index is 11.2. The second-order valence-electron chi connectivity index (χ2n) is 6.85. The third-order valence-corrected chi connectivity index (χ3v) is 5.90. The first-order valence-electron chi connectivity index (χ1n) is 8.98. The summed E-state index contributed by atoms with van der Waals surface area (Å²) >= 11 is 1.60. The van der Waals surface area contributed by atoms with E-state index in [-0.39, 0.29) is 5.37 Å². The van der Waals surface area contributed by atoms with E-state index in [0.29, 0.717) is 18.3 Å². The first-order valence-corrected chi connectivity index (χ1v) is 10.0. The zero-order chi connectivity index (χ0) is 19.4. The largest absolute Gasteiger partial charge is 0.496 e. The molecule has 0 unspecified atom stereocenters. The molecule has 0 bridgehead atoms. The van der Waals surface area contributed by atoms with Crippen LogP contribution in [0.15, 0.2) is 42.5 Å². The number of rotatable bonds is 7. The van der Waals surface area contributed by atoms with Crippen LogP contribution in [0.25, 0.3) is 0 Å². The minimum Gasteiger partial charge on any atom is -0.496 e. The van der Waals surface area contributed by atoms with Gasteiger partial charge in [0.2, 0.25) is 0 Å². The Balaban J connectivity index is 1.71. The van der Waals surface area contributed by atoms with Crippen LogP contribution in [0, 0.1) is 0 Å². The van der Waals surface area contributed by atoms with Gasteiger partial charge >= 0.3 is 5.97 Å². The Kier molecular flexibility index (Phi) is 6.29. The summed E-state index contributed by atoms with van der Waals surface area (Å²) in [5.74, 6) is 1.80. The van der Waals surface area contributed by atoms with E-state index in [1.165, 1.54) is 5.56 Å². The summed E-state index contributed by atoms with van der Waals surface area (Å²) < 4.78 is 11.4. The molecular formula is C21H25NO4S. The summed E-state index contributed by atoms with van der Waals surface area (Å²) in [7, 11) is 1.64. The van der Waals surface area contributed by atoms with Crippen molar-refractivity contribution >= 4 is 17.7 Å². The molecule has 5 nitrogen and oxygen atoms in total. The lowest BCUT2D eigenvalue weighted by atomic mass is 10.0. The molecule has 2 N–H and O–H groups in total. The summed E-state index contributed by atoms with van der Waals surface area (Å²) in [6, 6.07) is 13.5. The summed E-state index contributed by atoms with van der Waals surface area (Å²) in [6.07, 6.45) is 0. The van der Waals surface area contributed by atoms with Crippen molar-refractivity contribution in [3.8, 4) is 11.5 Å². The second kappa shape index (κ2) is 8.67. The van der Waals surface area contributed by atoms with Crippen LogP contribution >= 0.6 is 11.8 Å². The minimum atomic E-state index is -0.813. The predicted octanol–water partition coefficient (Wildman–Crippen LogP) is 4.19. The number of methoxy groups -OCH3 is 1. The Morgan fingerprint density at radius 1 is 1.26 bits per heavy atom. The van der Waals surface area contributed by atoms with Gasteiger partial charge in [-0.3, -0.25) is 10.1 Å². The van der Waals surface area contributed by atoms with Gasteiger partial charge in [-0.25, -0.2) is 0 Å². The minimum absolute atomic E-state index is 0.0407. The van der Waals surface area contributed by atoms with Crippen LogP contribution in [0.3, 0.4) is 0 Å². The van der Waals surface area contributed by atoms with Crippen LogP contribution in [-0.4, -0.2) is 30.0 Å². The highest BCUT2D eigenvalue weighted by molar-refractivity contribution is 7.99. The lowest BCUT2D eigenvalue weighted by molar-refractivity contribution is -0.138. The smallest absolute Gasteiger partial charge is 0.321 e. The van der Waals surface area contributed by atoms with Gasteiger partial charge < -0.3 is 14.6 Å². The second-order valence-corrected chi connectivity index (χ2v) is 7.99. The van der Waals surface area contributed by atoms with Crippen molar-refractivity contribution < 1.29 is 19.4 Å². The topological polar surface area (TPSA) is 67.8 Å². The molecule has 144 valence electrons. The zero-order valence-electron chi connectivity index (χ0n) is 15.8. The van der Waals surface area contributed by atoms with Gasteiger partial charge in [-0.15, -0.1) is 11.8 Å². The molecule has 1 fully saturated rings. The summed E-state index contributed by atoms with van der Waals surface area (Å²) in [5, 5.41) is 12.3. The number of hydrogen-bond donors (Lipinski definition) is 2. The van der Waals surface area contributed by atoms with E-state index >= 15 is 0 Å². The van der Waals surface area contributed by atoms with Crippen molar-refractivity contribution in [2.45, 2.75) is 37.8 Å². The van der Waals surface area contributed by atoms with Crippen LogP contribution in [0.4, 0.5) is 0 Å². The number of hydrogen-bond acceptors (Lipinski definition) is 5. The van der Waals surface area contributed by atoms with Crippen LogP contribution in [0.1, 0.15) is 41.8 Å². The van der Waals surface area contributed by atoms with Crippen LogP contribution < -0.4 is 14.8 Å². The molecule has 0 radical (unpaired) electrons. The molecule has 27 heavy (non-hydrogen) atoms. The van der Waals surface area contributed by atoms with Gasteiger partial charge in [0.1, 0.15) is 24.1 Å². The van der Waals surface area contributed by atoms with E-state index in [9.17, 15) is 4.79 Å². The third-order valence-electron chi connectivity index (χ3n) is 4.63. The number of nitrogens with one attached hydrogen (secondary N) is 1. The normalized spacial score (nSPS) is 19.3. The van der Waals surface area contributed by atoms with Crippen LogP contribution in [0.2, 0.25) is 0 Å². The van der Waals surface area contributed by atoms with Crippen LogP contribution in [-0.2, 0) is 11.4 Å². The highest BCUT2D eigenvalue weighted by atomic mass is 32.2. The average Bonchev–Trinajstić information content (AvgIpc) is 3.17. The molecule has 3 rings (SSSR count). The summed E-state index contributed by atoms with van der Waals surface area (Å²) in [4.78, 5) is 11.2. The number of aliphatic carboxylic acids is 1. The van der Waals surface area contributed by atoms with Gasteiger partial charge in [0.25, 0.3) is 0 Å². The first-order chi connectivity index (χ1) is 13.0. The van der Waals surface area contributed by atoms with Gasteiger partial charge in [-0.2, -0.15) is 0 Å². The van der Waals surface area contributed by atoms with Gasteiger partial charge in [-0.1, -0.05) is 32.0 Å². The van der Waals surface area contributed by atoms with Crippen molar-refractivity contribution in [2.24, 2.45) is 0 Å². The fourth-order valence-electron chi connectivity index (χ4n) is 2.99. The molecule has 2 aromatic rings. The Hall–Kier alpha value is -2.18. The van der Waals surface area contributed by atoms with E-state index in [0.717, 1.165) is 22.6 Å². The molecule has 6 heteroatoms. The maximum absolute atomic E-state index is 11.2. The maximum Gasteiger partial charge on any atom is 0.321 e. The van der Waals surface area contributed by atoms with E-state index in [2.05, 4.69) is 31.3 Å². The molecule has 1 aliphatic heterocycles. The van der Waals surface area contributed by atoms with Gasteiger partial charge in [0.15, 0.2) is 0 Å². The predicted molar refractivity (Wildman–Crippen MR) is 108 cm³/mol. The number of ether oxygens (including phenoxy) is 2. The van der Waals surface area contributed by atoms with Crippen molar-refractivity contribution in [2.75, 3.05) is 12.9 Å². The van der Waals surface area contributed by atoms with E-state index in [1.807, 2.05) is 30.3 Å². The van der Waals surface area contributed by atoms with Gasteiger partial charge in [0, 0.05) is 11.3 Å². The molecule has 1 aliphatic rings. The number of carboxylic acids is 1. The lowest BCUT2D eigenvalue weighted by Crippen LogP contribution is -2.33. The van der Waals surface area contributed by atoms with Crippen molar-refractivity contribution in [1.29, 1.82) is 0 Å². The third kappa shape index (κ3) is 4.76. The van der Waals surface area contributed by atoms with Crippen molar-refractivity contribution in [3.05, 3.63) is 59.2 Å². The fourth-order valence-corrected chi connectivity index (χ4v) is 4.21. The molecular weight excluding hydrogens is 362 g/mol. The molecule has 1 heterocycles. The summed E-state index contributed by atoms with van der Waals surface area (Å²) in [5.41, 5.74) is 3.24.